The Morgan fingerprint density at radius 1 is 1.20 bits per heavy atom. The number of primary amides is 1. The summed E-state index contributed by atoms with van der Waals surface area (Å²) < 4.78 is 0. The van der Waals surface area contributed by atoms with Crippen LogP contribution in [0.4, 0.5) is 0 Å². The van der Waals surface area contributed by atoms with Gasteiger partial charge in [-0.1, -0.05) is 34.6 Å². The number of amides is 1. The van der Waals surface area contributed by atoms with Crippen molar-refractivity contribution in [3.05, 3.63) is 0 Å². The third-order valence-electron chi connectivity index (χ3n) is 1.45. The Labute approximate surface area is 63.8 Å². The summed E-state index contributed by atoms with van der Waals surface area (Å²) in [6, 6.07) is 0. The van der Waals surface area contributed by atoms with E-state index in [4.69, 9.17) is 5.73 Å². The van der Waals surface area contributed by atoms with Crippen LogP contribution in [0.25, 0.3) is 0 Å². The summed E-state index contributed by atoms with van der Waals surface area (Å²) in [5.74, 6) is 0.169. The topological polar surface area (TPSA) is 43.1 Å². The molecule has 0 bridgehead atoms. The van der Waals surface area contributed by atoms with Gasteiger partial charge in [0.25, 0.3) is 0 Å². The molecule has 0 aromatic rings. The molecule has 1 atom stereocenters. The Bertz CT molecular complexity index is 89.3. The van der Waals surface area contributed by atoms with E-state index in [1.807, 2.05) is 34.6 Å². The quantitative estimate of drug-likeness (QED) is 0.632. The first-order valence-corrected chi connectivity index (χ1v) is 3.85. The van der Waals surface area contributed by atoms with Gasteiger partial charge in [-0.05, 0) is 5.92 Å². The van der Waals surface area contributed by atoms with Gasteiger partial charge in [-0.15, -0.1) is 0 Å². The Morgan fingerprint density at radius 3 is 1.50 bits per heavy atom. The highest BCUT2D eigenvalue weighted by Gasteiger charge is 2.11. The third kappa shape index (κ3) is 5.60. The first-order chi connectivity index (χ1) is 4.55. The predicted octanol–water partition coefficient (Wildman–Crippen LogP) is 1.79. The monoisotopic (exact) mass is 145 g/mol. The average molecular weight is 145 g/mol. The summed E-state index contributed by atoms with van der Waals surface area (Å²) in [6.45, 7) is 9.80. The van der Waals surface area contributed by atoms with Gasteiger partial charge in [-0.25, -0.2) is 0 Å². The predicted molar refractivity (Wildman–Crippen MR) is 44.5 cm³/mol. The van der Waals surface area contributed by atoms with Crippen LogP contribution in [0.15, 0.2) is 0 Å². The minimum atomic E-state index is -0.208. The molecule has 0 spiro atoms. The van der Waals surface area contributed by atoms with E-state index < -0.39 is 0 Å². The molecule has 0 rings (SSSR count). The van der Waals surface area contributed by atoms with Crippen molar-refractivity contribution in [3.8, 4) is 0 Å². The van der Waals surface area contributed by atoms with E-state index >= 15 is 0 Å². The van der Waals surface area contributed by atoms with Gasteiger partial charge in [0.2, 0.25) is 5.91 Å². The Kier molecular flexibility index (Phi) is 8.02. The highest BCUT2D eigenvalue weighted by Crippen LogP contribution is 2.06. The van der Waals surface area contributed by atoms with Crippen molar-refractivity contribution >= 4 is 5.91 Å². The molecule has 10 heavy (non-hydrogen) atoms. The SMILES string of the molecule is CC.CC(C)C(C)C(N)=O. The lowest BCUT2D eigenvalue weighted by Gasteiger charge is -2.09. The van der Waals surface area contributed by atoms with Gasteiger partial charge in [0.05, 0.1) is 0 Å². The standard InChI is InChI=1S/C6H13NO.C2H6/c1-4(2)5(3)6(7)8;1-2/h4-5H,1-3H3,(H2,7,8);1-2H3. The number of carbonyl (C=O) groups is 1. The van der Waals surface area contributed by atoms with E-state index in [0.717, 1.165) is 0 Å². The second kappa shape index (κ2) is 6.59. The van der Waals surface area contributed by atoms with Crippen molar-refractivity contribution in [2.45, 2.75) is 34.6 Å². The molecule has 0 radical (unpaired) electrons. The van der Waals surface area contributed by atoms with Gasteiger partial charge in [0, 0.05) is 5.92 Å². The van der Waals surface area contributed by atoms with Crippen LogP contribution in [-0.2, 0) is 4.79 Å². The van der Waals surface area contributed by atoms with Gasteiger partial charge < -0.3 is 5.73 Å². The van der Waals surface area contributed by atoms with E-state index in [1.165, 1.54) is 0 Å². The van der Waals surface area contributed by atoms with Gasteiger partial charge in [0.15, 0.2) is 0 Å². The summed E-state index contributed by atoms with van der Waals surface area (Å²) in [7, 11) is 0. The first-order valence-electron chi connectivity index (χ1n) is 3.85. The van der Waals surface area contributed by atoms with Crippen LogP contribution in [0.2, 0.25) is 0 Å². The van der Waals surface area contributed by atoms with Gasteiger partial charge in [-0.2, -0.15) is 0 Å². The molecule has 0 heterocycles. The molecule has 2 nitrogen and oxygen atoms in total. The molecular weight excluding hydrogens is 126 g/mol. The Hall–Kier alpha value is -0.530. The van der Waals surface area contributed by atoms with Crippen molar-refractivity contribution < 1.29 is 4.79 Å². The lowest BCUT2D eigenvalue weighted by molar-refractivity contribution is -0.122. The van der Waals surface area contributed by atoms with Crippen molar-refractivity contribution in [2.75, 3.05) is 0 Å². The zero-order valence-corrected chi connectivity index (χ0v) is 7.64. The van der Waals surface area contributed by atoms with Gasteiger partial charge >= 0.3 is 0 Å². The number of hydrogen-bond acceptors (Lipinski definition) is 1. The van der Waals surface area contributed by atoms with Crippen molar-refractivity contribution in [1.29, 1.82) is 0 Å². The summed E-state index contributed by atoms with van der Waals surface area (Å²) in [4.78, 5) is 10.4. The lowest BCUT2D eigenvalue weighted by atomic mass is 9.98. The highest BCUT2D eigenvalue weighted by atomic mass is 16.1. The van der Waals surface area contributed by atoms with Crippen LogP contribution in [0.3, 0.4) is 0 Å². The first kappa shape index (κ1) is 12.2. The number of carbonyl (C=O) groups excluding carboxylic acids is 1. The molecular formula is C8H19NO. The fourth-order valence-electron chi connectivity index (χ4n) is 0.329. The molecule has 1 amide bonds. The fourth-order valence-corrected chi connectivity index (χ4v) is 0.329. The number of rotatable bonds is 2. The summed E-state index contributed by atoms with van der Waals surface area (Å²) in [6.07, 6.45) is 0. The van der Waals surface area contributed by atoms with Crippen molar-refractivity contribution in [2.24, 2.45) is 17.6 Å². The summed E-state index contributed by atoms with van der Waals surface area (Å²) in [5, 5.41) is 0. The van der Waals surface area contributed by atoms with Crippen LogP contribution in [0, 0.1) is 11.8 Å². The van der Waals surface area contributed by atoms with Crippen LogP contribution >= 0.6 is 0 Å². The molecule has 2 heteroatoms. The molecule has 0 saturated heterocycles. The van der Waals surface area contributed by atoms with E-state index in [9.17, 15) is 4.79 Å². The highest BCUT2D eigenvalue weighted by molar-refractivity contribution is 5.76. The van der Waals surface area contributed by atoms with Gasteiger partial charge in [0.1, 0.15) is 0 Å². The minimum absolute atomic E-state index is 0.00926. The lowest BCUT2D eigenvalue weighted by Crippen LogP contribution is -2.24. The molecule has 1 unspecified atom stereocenters. The van der Waals surface area contributed by atoms with E-state index in [1.54, 1.807) is 0 Å². The Morgan fingerprint density at radius 2 is 1.50 bits per heavy atom. The molecule has 0 aromatic carbocycles. The molecule has 0 fully saturated rings. The van der Waals surface area contributed by atoms with Crippen molar-refractivity contribution in [1.82, 2.24) is 0 Å². The van der Waals surface area contributed by atoms with Crippen LogP contribution in [0.1, 0.15) is 34.6 Å². The largest absolute Gasteiger partial charge is 0.369 e. The maximum absolute atomic E-state index is 10.4. The molecule has 2 N–H and O–H groups in total. The molecule has 0 aliphatic carbocycles. The van der Waals surface area contributed by atoms with Crippen LogP contribution in [0.5, 0.6) is 0 Å². The van der Waals surface area contributed by atoms with Crippen LogP contribution in [-0.4, -0.2) is 5.91 Å². The average Bonchev–Trinajstić information content (AvgIpc) is 1.90. The van der Waals surface area contributed by atoms with E-state index in [2.05, 4.69) is 0 Å². The smallest absolute Gasteiger partial charge is 0.220 e. The zero-order chi connectivity index (χ0) is 8.73. The van der Waals surface area contributed by atoms with Gasteiger partial charge in [-0.3, -0.25) is 4.79 Å². The number of nitrogens with two attached hydrogens (primary N) is 1. The molecule has 0 aromatic heterocycles. The summed E-state index contributed by atoms with van der Waals surface area (Å²) in [5.41, 5.74) is 5.00. The summed E-state index contributed by atoms with van der Waals surface area (Å²) >= 11 is 0. The van der Waals surface area contributed by atoms with Crippen LogP contribution < -0.4 is 5.73 Å². The van der Waals surface area contributed by atoms with Crippen molar-refractivity contribution in [3.63, 3.8) is 0 Å². The number of hydrogen-bond donors (Lipinski definition) is 1. The normalized spacial score (nSPS) is 11.8. The molecule has 0 aliphatic rings. The second-order valence-electron chi connectivity index (χ2n) is 2.44. The Balaban J connectivity index is 0. The molecule has 62 valence electrons. The molecule has 0 aliphatic heterocycles. The third-order valence-corrected chi connectivity index (χ3v) is 1.45. The fraction of sp³-hybridized carbons (Fsp3) is 0.875. The zero-order valence-electron chi connectivity index (χ0n) is 7.64. The van der Waals surface area contributed by atoms with E-state index in [0.29, 0.717) is 5.92 Å². The maximum atomic E-state index is 10.4. The molecule has 0 saturated carbocycles. The second-order valence-corrected chi connectivity index (χ2v) is 2.44. The minimum Gasteiger partial charge on any atom is -0.369 e. The van der Waals surface area contributed by atoms with E-state index in [-0.39, 0.29) is 11.8 Å². The maximum Gasteiger partial charge on any atom is 0.220 e.